The SMILES string of the molecule is COc1cc(/C=N\NC(=O)c2cc3ccccc3cc2OC)ccc1OCC(N)=O. The molecule has 154 valence electrons. The van der Waals surface area contributed by atoms with Gasteiger partial charge in [0.05, 0.1) is 26.0 Å². The van der Waals surface area contributed by atoms with Gasteiger partial charge in [-0.3, -0.25) is 9.59 Å². The summed E-state index contributed by atoms with van der Waals surface area (Å²) in [4.78, 5) is 23.5. The first kappa shape index (κ1) is 20.7. The van der Waals surface area contributed by atoms with Crippen LogP contribution in [-0.2, 0) is 4.79 Å². The zero-order valence-electron chi connectivity index (χ0n) is 16.5. The van der Waals surface area contributed by atoms with Crippen LogP contribution in [-0.4, -0.2) is 38.9 Å². The summed E-state index contributed by atoms with van der Waals surface area (Å²) in [6.45, 7) is -0.257. The number of carbonyl (C=O) groups excluding carboxylic acids is 2. The van der Waals surface area contributed by atoms with Crippen LogP contribution in [0.1, 0.15) is 15.9 Å². The van der Waals surface area contributed by atoms with Crippen LogP contribution in [0.2, 0.25) is 0 Å². The predicted molar refractivity (Wildman–Crippen MR) is 113 cm³/mol. The van der Waals surface area contributed by atoms with E-state index in [4.69, 9.17) is 19.9 Å². The monoisotopic (exact) mass is 407 g/mol. The van der Waals surface area contributed by atoms with E-state index in [-0.39, 0.29) is 6.61 Å². The Bertz CT molecular complexity index is 1110. The van der Waals surface area contributed by atoms with Crippen LogP contribution in [0.5, 0.6) is 17.2 Å². The summed E-state index contributed by atoms with van der Waals surface area (Å²) in [5.41, 5.74) is 8.61. The molecule has 3 aromatic rings. The van der Waals surface area contributed by atoms with E-state index in [9.17, 15) is 9.59 Å². The number of nitrogens with zero attached hydrogens (tertiary/aromatic N) is 1. The molecule has 2 amide bonds. The maximum atomic E-state index is 12.6. The zero-order chi connectivity index (χ0) is 21.5. The predicted octanol–water partition coefficient (Wildman–Crippen LogP) is 2.48. The lowest BCUT2D eigenvalue weighted by molar-refractivity contribution is -0.119. The number of methoxy groups -OCH3 is 2. The van der Waals surface area contributed by atoms with Crippen molar-refractivity contribution >= 4 is 28.8 Å². The summed E-state index contributed by atoms with van der Waals surface area (Å²) in [5, 5.41) is 5.89. The highest BCUT2D eigenvalue weighted by atomic mass is 16.5. The number of primary amides is 1. The second-order valence-electron chi connectivity index (χ2n) is 6.26. The van der Waals surface area contributed by atoms with Gasteiger partial charge < -0.3 is 19.9 Å². The Morgan fingerprint density at radius 2 is 1.67 bits per heavy atom. The molecule has 0 bridgehead atoms. The van der Waals surface area contributed by atoms with Crippen molar-refractivity contribution < 1.29 is 23.8 Å². The third-order valence-corrected chi connectivity index (χ3v) is 4.25. The molecule has 0 unspecified atom stereocenters. The van der Waals surface area contributed by atoms with Gasteiger partial charge in [-0.25, -0.2) is 5.43 Å². The molecule has 0 radical (unpaired) electrons. The number of rotatable bonds is 8. The van der Waals surface area contributed by atoms with E-state index >= 15 is 0 Å². The molecular weight excluding hydrogens is 386 g/mol. The molecule has 0 aliphatic heterocycles. The van der Waals surface area contributed by atoms with Crippen LogP contribution >= 0.6 is 0 Å². The van der Waals surface area contributed by atoms with Gasteiger partial charge in [0.25, 0.3) is 11.8 Å². The lowest BCUT2D eigenvalue weighted by Gasteiger charge is -2.10. The van der Waals surface area contributed by atoms with Gasteiger partial charge in [-0.15, -0.1) is 0 Å². The van der Waals surface area contributed by atoms with E-state index in [2.05, 4.69) is 10.5 Å². The van der Waals surface area contributed by atoms with Crippen LogP contribution in [0.3, 0.4) is 0 Å². The van der Waals surface area contributed by atoms with E-state index in [0.29, 0.717) is 28.4 Å². The van der Waals surface area contributed by atoms with E-state index in [0.717, 1.165) is 10.8 Å². The molecular formula is C22H21N3O5. The van der Waals surface area contributed by atoms with Crippen molar-refractivity contribution in [3.8, 4) is 17.2 Å². The average molecular weight is 407 g/mol. The van der Waals surface area contributed by atoms with Crippen LogP contribution in [0.25, 0.3) is 10.8 Å². The van der Waals surface area contributed by atoms with Crippen LogP contribution in [0.15, 0.2) is 59.7 Å². The van der Waals surface area contributed by atoms with E-state index in [1.54, 1.807) is 24.3 Å². The fraction of sp³-hybridized carbons (Fsp3) is 0.136. The third-order valence-electron chi connectivity index (χ3n) is 4.25. The molecule has 0 aliphatic carbocycles. The summed E-state index contributed by atoms with van der Waals surface area (Å²) in [6.07, 6.45) is 1.46. The third kappa shape index (κ3) is 4.85. The molecule has 0 atom stereocenters. The summed E-state index contributed by atoms with van der Waals surface area (Å²) in [7, 11) is 2.99. The lowest BCUT2D eigenvalue weighted by atomic mass is 10.1. The number of hydrazone groups is 1. The zero-order valence-corrected chi connectivity index (χ0v) is 16.5. The van der Waals surface area contributed by atoms with Gasteiger partial charge in [0.1, 0.15) is 5.75 Å². The number of nitrogens with two attached hydrogens (primary N) is 1. The van der Waals surface area contributed by atoms with Gasteiger partial charge in [-0.1, -0.05) is 24.3 Å². The van der Waals surface area contributed by atoms with Gasteiger partial charge >= 0.3 is 0 Å². The Balaban J connectivity index is 1.74. The van der Waals surface area contributed by atoms with Gasteiger partial charge in [0, 0.05) is 0 Å². The minimum Gasteiger partial charge on any atom is -0.496 e. The van der Waals surface area contributed by atoms with Crippen LogP contribution in [0, 0.1) is 0 Å². The average Bonchev–Trinajstić information content (AvgIpc) is 2.76. The van der Waals surface area contributed by atoms with E-state index in [1.165, 1.54) is 20.4 Å². The Morgan fingerprint density at radius 3 is 2.33 bits per heavy atom. The second-order valence-corrected chi connectivity index (χ2v) is 6.26. The highest BCUT2D eigenvalue weighted by Gasteiger charge is 2.13. The number of hydrogen-bond donors (Lipinski definition) is 2. The molecule has 0 spiro atoms. The van der Waals surface area contributed by atoms with Crippen molar-refractivity contribution in [2.45, 2.75) is 0 Å². The molecule has 0 aromatic heterocycles. The first-order chi connectivity index (χ1) is 14.5. The topological polar surface area (TPSA) is 112 Å². The smallest absolute Gasteiger partial charge is 0.275 e. The van der Waals surface area contributed by atoms with E-state index in [1.807, 2.05) is 30.3 Å². The van der Waals surface area contributed by atoms with Crippen molar-refractivity contribution in [3.05, 3.63) is 65.7 Å². The van der Waals surface area contributed by atoms with Gasteiger partial charge in [0.2, 0.25) is 0 Å². The first-order valence-corrected chi connectivity index (χ1v) is 9.01. The minimum atomic E-state index is -0.588. The van der Waals surface area contributed by atoms with Gasteiger partial charge in [-0.05, 0) is 46.7 Å². The lowest BCUT2D eigenvalue weighted by Crippen LogP contribution is -2.20. The summed E-state index contributed by atoms with van der Waals surface area (Å²) in [5.74, 6) is 0.247. The molecule has 3 aromatic carbocycles. The number of benzene rings is 3. The van der Waals surface area contributed by atoms with Crippen LogP contribution in [0.4, 0.5) is 0 Å². The number of nitrogens with one attached hydrogen (secondary N) is 1. The molecule has 30 heavy (non-hydrogen) atoms. The van der Waals surface area contributed by atoms with Crippen molar-refractivity contribution in [2.75, 3.05) is 20.8 Å². The van der Waals surface area contributed by atoms with Crippen LogP contribution < -0.4 is 25.4 Å². The molecule has 3 N–H and O–H groups in total. The number of ether oxygens (including phenoxy) is 3. The van der Waals surface area contributed by atoms with E-state index < -0.39 is 11.8 Å². The Kier molecular flexibility index (Phi) is 6.49. The summed E-state index contributed by atoms with van der Waals surface area (Å²) in [6, 6.07) is 16.2. The maximum absolute atomic E-state index is 12.6. The highest BCUT2D eigenvalue weighted by Crippen LogP contribution is 2.28. The molecule has 8 heteroatoms. The largest absolute Gasteiger partial charge is 0.496 e. The maximum Gasteiger partial charge on any atom is 0.275 e. The number of amides is 2. The first-order valence-electron chi connectivity index (χ1n) is 9.01. The highest BCUT2D eigenvalue weighted by molar-refractivity contribution is 6.02. The Morgan fingerprint density at radius 1 is 0.967 bits per heavy atom. The molecule has 0 fully saturated rings. The molecule has 0 saturated carbocycles. The molecule has 0 aliphatic rings. The second kappa shape index (κ2) is 9.42. The molecule has 0 heterocycles. The summed E-state index contributed by atoms with van der Waals surface area (Å²) >= 11 is 0. The quantitative estimate of drug-likeness (QED) is 0.440. The molecule has 0 saturated heterocycles. The Hall–Kier alpha value is -4.07. The minimum absolute atomic E-state index is 0.257. The Labute approximate surface area is 173 Å². The van der Waals surface area contributed by atoms with Crippen molar-refractivity contribution in [3.63, 3.8) is 0 Å². The van der Waals surface area contributed by atoms with Crippen molar-refractivity contribution in [2.24, 2.45) is 10.8 Å². The number of fused-ring (bicyclic) bond motifs is 1. The van der Waals surface area contributed by atoms with Crippen molar-refractivity contribution in [1.82, 2.24) is 5.43 Å². The number of hydrogen-bond acceptors (Lipinski definition) is 6. The fourth-order valence-electron chi connectivity index (χ4n) is 2.82. The van der Waals surface area contributed by atoms with Gasteiger partial charge in [-0.2, -0.15) is 5.10 Å². The fourth-order valence-corrected chi connectivity index (χ4v) is 2.82. The standard InChI is InChI=1S/C22H21N3O5/c1-28-19-11-16-6-4-3-5-15(16)10-17(19)22(27)25-24-12-14-7-8-18(20(9-14)29-2)30-13-21(23)26/h3-12H,13H2,1-2H3,(H2,23,26)(H,25,27)/b24-12-. The summed E-state index contributed by atoms with van der Waals surface area (Å²) < 4.78 is 15.9. The molecule has 8 nitrogen and oxygen atoms in total. The van der Waals surface area contributed by atoms with Gasteiger partial charge in [0.15, 0.2) is 18.1 Å². The normalized spacial score (nSPS) is 10.7. The number of carbonyl (C=O) groups is 2. The molecule has 3 rings (SSSR count). The van der Waals surface area contributed by atoms with Crippen molar-refractivity contribution in [1.29, 1.82) is 0 Å².